The number of nitrogens with one attached hydrogen (secondary N) is 1. The van der Waals surface area contributed by atoms with Gasteiger partial charge in [0.05, 0.1) is 38.4 Å². The van der Waals surface area contributed by atoms with Gasteiger partial charge in [0, 0.05) is 16.7 Å². The number of halogens is 1. The molecule has 1 saturated heterocycles. The Bertz CT molecular complexity index is 795. The molecule has 2 aromatic rings. The molecule has 0 aliphatic carbocycles. The lowest BCUT2D eigenvalue weighted by Crippen LogP contribution is -3.14. The van der Waals surface area contributed by atoms with Crippen molar-refractivity contribution in [3.05, 3.63) is 51.8 Å². The Morgan fingerprint density at radius 2 is 1.84 bits per heavy atom. The van der Waals surface area contributed by atoms with Crippen molar-refractivity contribution in [3.63, 3.8) is 0 Å². The van der Waals surface area contributed by atoms with E-state index in [1.807, 2.05) is 17.0 Å². The SMILES string of the molecule is CC[NH+]1CCN(C(=O)Cn2nc(-c3ccc(Cl)cc3)ccc2=O)CC1. The van der Waals surface area contributed by atoms with Crippen LogP contribution in [0, 0.1) is 0 Å². The maximum Gasteiger partial charge on any atom is 0.267 e. The van der Waals surface area contributed by atoms with Gasteiger partial charge in [-0.15, -0.1) is 0 Å². The van der Waals surface area contributed by atoms with Crippen LogP contribution in [0.5, 0.6) is 0 Å². The van der Waals surface area contributed by atoms with Gasteiger partial charge in [0.2, 0.25) is 5.91 Å². The smallest absolute Gasteiger partial charge is 0.267 e. The van der Waals surface area contributed by atoms with Crippen molar-refractivity contribution in [1.29, 1.82) is 0 Å². The second-order valence-electron chi connectivity index (χ2n) is 6.21. The molecule has 6 nitrogen and oxygen atoms in total. The number of quaternary nitrogens is 1. The molecule has 1 amide bonds. The first-order chi connectivity index (χ1) is 12.1. The molecule has 1 aromatic carbocycles. The van der Waals surface area contributed by atoms with Crippen molar-refractivity contribution in [2.24, 2.45) is 0 Å². The minimum Gasteiger partial charge on any atom is -0.332 e. The van der Waals surface area contributed by atoms with E-state index >= 15 is 0 Å². The maximum atomic E-state index is 12.5. The summed E-state index contributed by atoms with van der Waals surface area (Å²) >= 11 is 5.90. The standard InChI is InChI=1S/C18H21ClN4O2/c1-2-21-9-11-22(12-10-21)18(25)13-23-17(24)8-7-16(20-23)14-3-5-15(19)6-4-14/h3-8H,2,9-13H2,1H3/p+1. The molecule has 3 rings (SSSR count). The fourth-order valence-corrected chi connectivity index (χ4v) is 3.12. The first-order valence-electron chi connectivity index (χ1n) is 8.52. The van der Waals surface area contributed by atoms with E-state index in [0.29, 0.717) is 10.7 Å². The van der Waals surface area contributed by atoms with Crippen molar-refractivity contribution in [3.8, 4) is 11.3 Å². The quantitative estimate of drug-likeness (QED) is 0.852. The van der Waals surface area contributed by atoms with Crippen molar-refractivity contribution < 1.29 is 9.69 Å². The number of hydrogen-bond acceptors (Lipinski definition) is 3. The van der Waals surface area contributed by atoms with Crippen LogP contribution in [-0.2, 0) is 11.3 Å². The highest BCUT2D eigenvalue weighted by Gasteiger charge is 2.23. The third-order valence-electron chi connectivity index (χ3n) is 4.61. The first kappa shape index (κ1) is 17.6. The number of hydrogen-bond donors (Lipinski definition) is 1. The van der Waals surface area contributed by atoms with E-state index in [2.05, 4.69) is 12.0 Å². The van der Waals surface area contributed by atoms with Crippen molar-refractivity contribution in [1.82, 2.24) is 14.7 Å². The predicted molar refractivity (Wildman–Crippen MR) is 96.8 cm³/mol. The molecule has 132 valence electrons. The number of piperazine rings is 1. The van der Waals surface area contributed by atoms with E-state index in [4.69, 9.17) is 11.6 Å². The molecule has 1 N–H and O–H groups in total. The fraction of sp³-hybridized carbons (Fsp3) is 0.389. The zero-order valence-corrected chi connectivity index (χ0v) is 15.0. The van der Waals surface area contributed by atoms with Crippen LogP contribution in [0.3, 0.4) is 0 Å². The topological polar surface area (TPSA) is 59.6 Å². The molecule has 0 atom stereocenters. The van der Waals surface area contributed by atoms with Gasteiger partial charge in [-0.05, 0) is 25.1 Å². The van der Waals surface area contributed by atoms with Crippen molar-refractivity contribution in [2.45, 2.75) is 13.5 Å². The number of carbonyl (C=O) groups excluding carboxylic acids is 1. The van der Waals surface area contributed by atoms with Crippen LogP contribution in [-0.4, -0.2) is 53.3 Å². The van der Waals surface area contributed by atoms with Gasteiger partial charge in [0.15, 0.2) is 0 Å². The molecule has 25 heavy (non-hydrogen) atoms. The van der Waals surface area contributed by atoms with E-state index in [0.717, 1.165) is 38.3 Å². The molecule has 0 spiro atoms. The molecular weight excluding hydrogens is 340 g/mol. The molecule has 7 heteroatoms. The summed E-state index contributed by atoms with van der Waals surface area (Å²) in [7, 11) is 0. The summed E-state index contributed by atoms with van der Waals surface area (Å²) in [5.74, 6) is -0.0574. The summed E-state index contributed by atoms with van der Waals surface area (Å²) in [6, 6.07) is 10.3. The van der Waals surface area contributed by atoms with E-state index < -0.39 is 0 Å². The van der Waals surface area contributed by atoms with Gasteiger partial charge >= 0.3 is 0 Å². The Labute approximate surface area is 151 Å². The third kappa shape index (κ3) is 4.27. The van der Waals surface area contributed by atoms with E-state index in [-0.39, 0.29) is 18.0 Å². The number of aromatic nitrogens is 2. The molecule has 0 bridgehead atoms. The highest BCUT2D eigenvalue weighted by Crippen LogP contribution is 2.18. The Hall–Kier alpha value is -2.18. The summed E-state index contributed by atoms with van der Waals surface area (Å²) < 4.78 is 1.24. The fourth-order valence-electron chi connectivity index (χ4n) is 2.99. The Morgan fingerprint density at radius 1 is 1.16 bits per heavy atom. The number of rotatable bonds is 4. The monoisotopic (exact) mass is 361 g/mol. The molecular formula is C18H22ClN4O2+. The van der Waals surface area contributed by atoms with Gasteiger partial charge in [-0.1, -0.05) is 23.7 Å². The summed E-state index contributed by atoms with van der Waals surface area (Å²) in [6.07, 6.45) is 0. The second kappa shape index (κ2) is 7.80. The lowest BCUT2D eigenvalue weighted by Gasteiger charge is -2.31. The molecule has 1 fully saturated rings. The van der Waals surface area contributed by atoms with Crippen LogP contribution in [0.1, 0.15) is 6.92 Å². The second-order valence-corrected chi connectivity index (χ2v) is 6.64. The Morgan fingerprint density at radius 3 is 2.48 bits per heavy atom. The molecule has 0 radical (unpaired) electrons. The number of carbonyl (C=O) groups is 1. The lowest BCUT2D eigenvalue weighted by atomic mass is 10.1. The zero-order chi connectivity index (χ0) is 17.8. The van der Waals surface area contributed by atoms with Gasteiger partial charge in [-0.3, -0.25) is 9.59 Å². The van der Waals surface area contributed by atoms with E-state index in [1.54, 1.807) is 18.2 Å². The third-order valence-corrected chi connectivity index (χ3v) is 4.87. The average molecular weight is 362 g/mol. The van der Waals surface area contributed by atoms with Crippen LogP contribution in [0.4, 0.5) is 0 Å². The Kier molecular flexibility index (Phi) is 5.50. The normalized spacial score (nSPS) is 15.4. The maximum absolute atomic E-state index is 12.5. The predicted octanol–water partition coefficient (Wildman–Crippen LogP) is 0.311. The molecule has 0 unspecified atom stereocenters. The highest BCUT2D eigenvalue weighted by atomic mass is 35.5. The summed E-state index contributed by atoms with van der Waals surface area (Å²) in [5.41, 5.74) is 1.22. The zero-order valence-electron chi connectivity index (χ0n) is 14.2. The van der Waals surface area contributed by atoms with Gasteiger partial charge in [-0.2, -0.15) is 5.10 Å². The van der Waals surface area contributed by atoms with Gasteiger partial charge in [0.25, 0.3) is 5.56 Å². The summed E-state index contributed by atoms with van der Waals surface area (Å²) in [4.78, 5) is 27.9. The first-order valence-corrected chi connectivity index (χ1v) is 8.90. The number of benzene rings is 1. The van der Waals surface area contributed by atoms with Crippen molar-refractivity contribution >= 4 is 17.5 Å². The van der Waals surface area contributed by atoms with Crippen molar-refractivity contribution in [2.75, 3.05) is 32.7 Å². The molecule has 1 aliphatic heterocycles. The van der Waals surface area contributed by atoms with E-state index in [1.165, 1.54) is 15.6 Å². The average Bonchev–Trinajstić information content (AvgIpc) is 2.64. The van der Waals surface area contributed by atoms with Crippen LogP contribution < -0.4 is 10.5 Å². The van der Waals surface area contributed by atoms with Crippen LogP contribution >= 0.6 is 11.6 Å². The number of nitrogens with zero attached hydrogens (tertiary/aromatic N) is 3. The number of likely N-dealkylation sites (N-methyl/N-ethyl adjacent to an activating group) is 1. The Balaban J connectivity index is 1.74. The van der Waals surface area contributed by atoms with Gasteiger partial charge < -0.3 is 9.80 Å². The summed E-state index contributed by atoms with van der Waals surface area (Å²) in [6.45, 7) is 6.57. The highest BCUT2D eigenvalue weighted by molar-refractivity contribution is 6.30. The summed E-state index contributed by atoms with van der Waals surface area (Å²) in [5, 5.41) is 4.99. The van der Waals surface area contributed by atoms with E-state index in [9.17, 15) is 9.59 Å². The minimum absolute atomic E-state index is 0.0261. The molecule has 0 saturated carbocycles. The molecule has 2 heterocycles. The number of amides is 1. The largest absolute Gasteiger partial charge is 0.332 e. The minimum atomic E-state index is -0.274. The lowest BCUT2D eigenvalue weighted by molar-refractivity contribution is -0.902. The van der Waals surface area contributed by atoms with Crippen LogP contribution in [0.15, 0.2) is 41.2 Å². The molecule has 1 aliphatic rings. The van der Waals surface area contributed by atoms with Crippen LogP contribution in [0.2, 0.25) is 5.02 Å². The van der Waals surface area contributed by atoms with Gasteiger partial charge in [-0.25, -0.2) is 4.68 Å². The molecule has 1 aromatic heterocycles. The van der Waals surface area contributed by atoms with Gasteiger partial charge in [0.1, 0.15) is 6.54 Å². The van der Waals surface area contributed by atoms with Crippen LogP contribution in [0.25, 0.3) is 11.3 Å².